The first-order valence-corrected chi connectivity index (χ1v) is 9.63. The minimum atomic E-state index is 0.00254. The summed E-state index contributed by atoms with van der Waals surface area (Å²) in [7, 11) is 0. The van der Waals surface area contributed by atoms with Crippen LogP contribution in [0.25, 0.3) is 0 Å². The van der Waals surface area contributed by atoms with Crippen molar-refractivity contribution in [1.82, 2.24) is 4.90 Å². The Labute approximate surface area is 165 Å². The molecule has 1 atom stereocenters. The van der Waals surface area contributed by atoms with Crippen LogP contribution in [0.2, 0.25) is 5.02 Å². The Hall–Kier alpha value is -2.30. The normalized spacial score (nSPS) is 17.3. The van der Waals surface area contributed by atoms with Crippen LogP contribution in [0.15, 0.2) is 61.2 Å². The highest BCUT2D eigenvalue weighted by molar-refractivity contribution is 6.30. The SMILES string of the molecule is C=CCOc1ccc(NC(=O)C2CCCN(Cc3ccc(Cl)cc3)C2)cc1. The minimum Gasteiger partial charge on any atom is -0.490 e. The summed E-state index contributed by atoms with van der Waals surface area (Å²) in [6.07, 6.45) is 3.65. The second-order valence-corrected chi connectivity index (χ2v) is 7.25. The lowest BCUT2D eigenvalue weighted by Crippen LogP contribution is -2.40. The van der Waals surface area contributed by atoms with Gasteiger partial charge in [-0.3, -0.25) is 9.69 Å². The van der Waals surface area contributed by atoms with Crippen LogP contribution >= 0.6 is 11.6 Å². The molecule has 3 rings (SSSR count). The van der Waals surface area contributed by atoms with Crippen molar-refractivity contribution in [1.29, 1.82) is 0 Å². The quantitative estimate of drug-likeness (QED) is 0.700. The predicted molar refractivity (Wildman–Crippen MR) is 110 cm³/mol. The Kier molecular flexibility index (Phi) is 6.91. The maximum absolute atomic E-state index is 12.7. The predicted octanol–water partition coefficient (Wildman–Crippen LogP) is 4.76. The van der Waals surface area contributed by atoms with Crippen LogP contribution in [0, 0.1) is 5.92 Å². The second kappa shape index (κ2) is 9.58. The average molecular weight is 385 g/mol. The van der Waals surface area contributed by atoms with Crippen molar-refractivity contribution in [3.05, 3.63) is 71.8 Å². The molecule has 0 aromatic heterocycles. The Balaban J connectivity index is 1.53. The third-order valence-corrected chi connectivity index (χ3v) is 4.94. The third kappa shape index (κ3) is 5.84. The van der Waals surface area contributed by atoms with E-state index in [1.807, 2.05) is 48.5 Å². The van der Waals surface area contributed by atoms with E-state index in [0.29, 0.717) is 6.61 Å². The zero-order valence-electron chi connectivity index (χ0n) is 15.4. The molecule has 0 saturated carbocycles. The summed E-state index contributed by atoms with van der Waals surface area (Å²) in [6, 6.07) is 15.3. The molecule has 0 bridgehead atoms. The number of nitrogens with zero attached hydrogens (tertiary/aromatic N) is 1. The standard InChI is InChI=1S/C22H25ClN2O2/c1-2-14-27-21-11-9-20(10-12-21)24-22(26)18-4-3-13-25(16-18)15-17-5-7-19(23)8-6-17/h2,5-12,18H,1,3-4,13-16H2,(H,24,26). The molecular weight excluding hydrogens is 360 g/mol. The Bertz CT molecular complexity index is 759. The molecule has 1 heterocycles. The molecule has 0 radical (unpaired) electrons. The van der Waals surface area contributed by atoms with E-state index in [-0.39, 0.29) is 11.8 Å². The van der Waals surface area contributed by atoms with E-state index in [9.17, 15) is 4.79 Å². The number of piperidine rings is 1. The molecule has 5 heteroatoms. The van der Waals surface area contributed by atoms with Crippen molar-refractivity contribution in [3.63, 3.8) is 0 Å². The molecule has 1 unspecified atom stereocenters. The maximum atomic E-state index is 12.7. The lowest BCUT2D eigenvalue weighted by molar-refractivity contribution is -0.121. The molecule has 2 aromatic carbocycles. The zero-order valence-corrected chi connectivity index (χ0v) is 16.1. The Morgan fingerprint density at radius 3 is 2.67 bits per heavy atom. The maximum Gasteiger partial charge on any atom is 0.228 e. The molecule has 1 fully saturated rings. The van der Waals surface area contributed by atoms with E-state index in [1.54, 1.807) is 6.08 Å². The fraction of sp³-hybridized carbons (Fsp3) is 0.318. The number of amides is 1. The number of hydrogen-bond acceptors (Lipinski definition) is 3. The van der Waals surface area contributed by atoms with Crippen molar-refractivity contribution in [2.24, 2.45) is 5.92 Å². The molecule has 0 aliphatic carbocycles. The van der Waals surface area contributed by atoms with Crippen LogP contribution in [0.5, 0.6) is 5.75 Å². The van der Waals surface area contributed by atoms with Gasteiger partial charge in [0.15, 0.2) is 0 Å². The van der Waals surface area contributed by atoms with Gasteiger partial charge in [0.05, 0.1) is 5.92 Å². The molecule has 27 heavy (non-hydrogen) atoms. The summed E-state index contributed by atoms with van der Waals surface area (Å²) in [6.45, 7) is 6.73. The highest BCUT2D eigenvalue weighted by Crippen LogP contribution is 2.22. The van der Waals surface area contributed by atoms with Gasteiger partial charge in [-0.25, -0.2) is 0 Å². The molecule has 1 amide bonds. The van der Waals surface area contributed by atoms with Gasteiger partial charge < -0.3 is 10.1 Å². The van der Waals surface area contributed by atoms with Gasteiger partial charge in [-0.2, -0.15) is 0 Å². The highest BCUT2D eigenvalue weighted by Gasteiger charge is 2.25. The molecule has 1 saturated heterocycles. The molecule has 4 nitrogen and oxygen atoms in total. The minimum absolute atomic E-state index is 0.00254. The smallest absolute Gasteiger partial charge is 0.228 e. The summed E-state index contributed by atoms with van der Waals surface area (Å²) >= 11 is 5.95. The molecule has 0 spiro atoms. The van der Waals surface area contributed by atoms with Crippen molar-refractivity contribution < 1.29 is 9.53 Å². The molecule has 1 aliphatic heterocycles. The number of benzene rings is 2. The van der Waals surface area contributed by atoms with Crippen molar-refractivity contribution in [3.8, 4) is 5.75 Å². The Morgan fingerprint density at radius 2 is 1.96 bits per heavy atom. The largest absolute Gasteiger partial charge is 0.490 e. The third-order valence-electron chi connectivity index (χ3n) is 4.69. The number of hydrogen-bond donors (Lipinski definition) is 1. The lowest BCUT2D eigenvalue weighted by atomic mass is 9.96. The van der Waals surface area contributed by atoms with Gasteiger partial charge in [0.25, 0.3) is 0 Å². The van der Waals surface area contributed by atoms with E-state index >= 15 is 0 Å². The van der Waals surface area contributed by atoms with E-state index < -0.39 is 0 Å². The van der Waals surface area contributed by atoms with Gasteiger partial charge in [-0.1, -0.05) is 36.4 Å². The first kappa shape index (κ1) is 19.5. The van der Waals surface area contributed by atoms with Crippen molar-refractivity contribution >= 4 is 23.2 Å². The molecular formula is C22H25ClN2O2. The average Bonchev–Trinajstić information content (AvgIpc) is 2.69. The summed E-state index contributed by atoms with van der Waals surface area (Å²) in [5.74, 6) is 0.845. The first-order valence-electron chi connectivity index (χ1n) is 9.25. The van der Waals surface area contributed by atoms with Gasteiger partial charge in [0.1, 0.15) is 12.4 Å². The van der Waals surface area contributed by atoms with E-state index in [4.69, 9.17) is 16.3 Å². The fourth-order valence-corrected chi connectivity index (χ4v) is 3.42. The fourth-order valence-electron chi connectivity index (χ4n) is 3.30. The van der Waals surface area contributed by atoms with Crippen LogP contribution in [-0.4, -0.2) is 30.5 Å². The number of halogens is 1. The number of carbonyl (C=O) groups is 1. The van der Waals surface area contributed by atoms with Gasteiger partial charge in [-0.15, -0.1) is 0 Å². The number of anilines is 1. The summed E-state index contributed by atoms with van der Waals surface area (Å²) in [4.78, 5) is 15.0. The van der Waals surface area contributed by atoms with Gasteiger partial charge in [0, 0.05) is 23.8 Å². The van der Waals surface area contributed by atoms with Crippen LogP contribution in [0.4, 0.5) is 5.69 Å². The number of likely N-dealkylation sites (tertiary alicyclic amines) is 1. The number of ether oxygens (including phenoxy) is 1. The molecule has 142 valence electrons. The molecule has 2 aromatic rings. The lowest BCUT2D eigenvalue weighted by Gasteiger charge is -2.32. The van der Waals surface area contributed by atoms with Crippen LogP contribution in [0.1, 0.15) is 18.4 Å². The zero-order chi connectivity index (χ0) is 19.1. The van der Waals surface area contributed by atoms with Gasteiger partial charge in [-0.05, 0) is 61.3 Å². The van der Waals surface area contributed by atoms with Gasteiger partial charge in [0.2, 0.25) is 5.91 Å². The monoisotopic (exact) mass is 384 g/mol. The second-order valence-electron chi connectivity index (χ2n) is 6.81. The van der Waals surface area contributed by atoms with Crippen LogP contribution < -0.4 is 10.1 Å². The van der Waals surface area contributed by atoms with E-state index in [2.05, 4.69) is 16.8 Å². The van der Waals surface area contributed by atoms with E-state index in [1.165, 1.54) is 5.56 Å². The first-order chi connectivity index (χ1) is 13.1. The highest BCUT2D eigenvalue weighted by atomic mass is 35.5. The topological polar surface area (TPSA) is 41.6 Å². The van der Waals surface area contributed by atoms with Crippen molar-refractivity contribution in [2.75, 3.05) is 25.0 Å². The summed E-state index contributed by atoms with van der Waals surface area (Å²) in [5.41, 5.74) is 2.01. The summed E-state index contributed by atoms with van der Waals surface area (Å²) in [5, 5.41) is 3.77. The van der Waals surface area contributed by atoms with Crippen LogP contribution in [-0.2, 0) is 11.3 Å². The number of nitrogens with one attached hydrogen (secondary N) is 1. The number of carbonyl (C=O) groups excluding carboxylic acids is 1. The molecule has 1 N–H and O–H groups in total. The van der Waals surface area contributed by atoms with Gasteiger partial charge >= 0.3 is 0 Å². The Morgan fingerprint density at radius 1 is 1.22 bits per heavy atom. The van der Waals surface area contributed by atoms with Crippen molar-refractivity contribution in [2.45, 2.75) is 19.4 Å². The van der Waals surface area contributed by atoms with E-state index in [0.717, 1.165) is 48.9 Å². The number of rotatable bonds is 7. The molecule has 1 aliphatic rings. The van der Waals surface area contributed by atoms with Crippen LogP contribution in [0.3, 0.4) is 0 Å². The summed E-state index contributed by atoms with van der Waals surface area (Å²) < 4.78 is 5.46.